The summed E-state index contributed by atoms with van der Waals surface area (Å²) in [6, 6.07) is 6.91. The van der Waals surface area contributed by atoms with Crippen molar-refractivity contribution in [1.82, 2.24) is 0 Å². The number of hydrogen-bond donors (Lipinski definition) is 2. The van der Waals surface area contributed by atoms with Crippen LogP contribution in [0.3, 0.4) is 0 Å². The molecular formula is C16H25NO3. The van der Waals surface area contributed by atoms with E-state index in [1.54, 1.807) is 0 Å². The number of benzene rings is 1. The molecule has 0 amide bonds. The lowest BCUT2D eigenvalue weighted by Gasteiger charge is -2.33. The van der Waals surface area contributed by atoms with Crippen LogP contribution >= 0.6 is 0 Å². The lowest BCUT2D eigenvalue weighted by Crippen LogP contribution is -2.46. The van der Waals surface area contributed by atoms with E-state index in [4.69, 9.17) is 0 Å². The summed E-state index contributed by atoms with van der Waals surface area (Å²) in [7, 11) is 0. The average molecular weight is 279 g/mol. The van der Waals surface area contributed by atoms with E-state index >= 15 is 0 Å². The molecule has 1 aromatic carbocycles. The van der Waals surface area contributed by atoms with Gasteiger partial charge < -0.3 is 15.1 Å². The number of ketones is 1. The number of carbonyl (C=O) groups is 1. The van der Waals surface area contributed by atoms with E-state index in [0.717, 1.165) is 17.7 Å². The standard InChI is InChI=1S/C16H25NO3/c1-4-9-17(15(11-19)16(20)12(2)3)14-8-6-5-7-13(14)10-18/h5-8,12,15,18-19H,4,9-11H2,1-3H3. The summed E-state index contributed by atoms with van der Waals surface area (Å²) < 4.78 is 0. The molecule has 0 fully saturated rings. The van der Waals surface area contributed by atoms with Gasteiger partial charge in [0.05, 0.1) is 13.2 Å². The van der Waals surface area contributed by atoms with Crippen molar-refractivity contribution in [3.05, 3.63) is 29.8 Å². The van der Waals surface area contributed by atoms with Gasteiger partial charge in [0.15, 0.2) is 5.78 Å². The lowest BCUT2D eigenvalue weighted by molar-refractivity contribution is -0.124. The second-order valence-corrected chi connectivity index (χ2v) is 5.24. The van der Waals surface area contributed by atoms with E-state index in [1.807, 2.05) is 49.9 Å². The summed E-state index contributed by atoms with van der Waals surface area (Å²) in [4.78, 5) is 14.2. The van der Waals surface area contributed by atoms with Crippen LogP contribution in [0.2, 0.25) is 0 Å². The van der Waals surface area contributed by atoms with Gasteiger partial charge in [0.1, 0.15) is 6.04 Å². The Bertz CT molecular complexity index is 431. The highest BCUT2D eigenvalue weighted by Crippen LogP contribution is 2.24. The van der Waals surface area contributed by atoms with Gasteiger partial charge in [-0.1, -0.05) is 39.0 Å². The molecule has 0 radical (unpaired) electrons. The molecule has 0 spiro atoms. The SMILES string of the molecule is CCCN(c1ccccc1CO)C(CO)C(=O)C(C)C. The summed E-state index contributed by atoms with van der Waals surface area (Å²) in [5.74, 6) is -0.110. The molecule has 1 atom stereocenters. The molecule has 20 heavy (non-hydrogen) atoms. The largest absolute Gasteiger partial charge is 0.394 e. The van der Waals surface area contributed by atoms with Gasteiger partial charge in [-0.3, -0.25) is 4.79 Å². The van der Waals surface area contributed by atoms with Crippen LogP contribution in [-0.4, -0.2) is 35.2 Å². The number of rotatable bonds is 8. The zero-order chi connectivity index (χ0) is 15.1. The fourth-order valence-electron chi connectivity index (χ4n) is 2.34. The summed E-state index contributed by atoms with van der Waals surface area (Å²) >= 11 is 0. The number of aliphatic hydroxyl groups is 2. The Morgan fingerprint density at radius 1 is 1.25 bits per heavy atom. The molecule has 2 N–H and O–H groups in total. The quantitative estimate of drug-likeness (QED) is 0.764. The summed E-state index contributed by atoms with van der Waals surface area (Å²) in [5.41, 5.74) is 1.60. The molecule has 4 nitrogen and oxygen atoms in total. The average Bonchev–Trinajstić information content (AvgIpc) is 2.46. The Balaban J connectivity index is 3.17. The van der Waals surface area contributed by atoms with Crippen LogP contribution in [0, 0.1) is 5.92 Å². The van der Waals surface area contributed by atoms with Crippen molar-refractivity contribution in [2.24, 2.45) is 5.92 Å². The van der Waals surface area contributed by atoms with E-state index < -0.39 is 6.04 Å². The number of para-hydroxylation sites is 1. The third-order valence-corrected chi connectivity index (χ3v) is 3.38. The minimum absolute atomic E-state index is 0.0219. The fraction of sp³-hybridized carbons (Fsp3) is 0.562. The number of Topliss-reactive ketones (excluding diaryl/α,β-unsaturated/α-hetero) is 1. The Kier molecular flexibility index (Phi) is 6.68. The van der Waals surface area contributed by atoms with Crippen molar-refractivity contribution in [2.75, 3.05) is 18.1 Å². The molecule has 1 rings (SSSR count). The molecule has 0 aliphatic heterocycles. The van der Waals surface area contributed by atoms with Crippen LogP contribution in [0.15, 0.2) is 24.3 Å². The second-order valence-electron chi connectivity index (χ2n) is 5.24. The molecule has 112 valence electrons. The summed E-state index contributed by atoms with van der Waals surface area (Å²) in [5, 5.41) is 19.1. The van der Waals surface area contributed by atoms with Gasteiger partial charge in [0.2, 0.25) is 0 Å². The molecule has 0 heterocycles. The van der Waals surface area contributed by atoms with Crippen LogP contribution in [-0.2, 0) is 11.4 Å². The minimum Gasteiger partial charge on any atom is -0.394 e. The van der Waals surface area contributed by atoms with Crippen LogP contribution in [0.4, 0.5) is 5.69 Å². The highest BCUT2D eigenvalue weighted by molar-refractivity contribution is 5.89. The van der Waals surface area contributed by atoms with Gasteiger partial charge in [-0.05, 0) is 12.5 Å². The highest BCUT2D eigenvalue weighted by atomic mass is 16.3. The maximum atomic E-state index is 12.3. The maximum Gasteiger partial charge on any atom is 0.160 e. The van der Waals surface area contributed by atoms with Gasteiger partial charge in [-0.25, -0.2) is 0 Å². The number of hydrogen-bond acceptors (Lipinski definition) is 4. The predicted molar refractivity (Wildman–Crippen MR) is 80.7 cm³/mol. The summed E-state index contributed by atoms with van der Waals surface area (Å²) in [6.07, 6.45) is 0.863. The predicted octanol–water partition coefficient (Wildman–Crippen LogP) is 1.98. The monoisotopic (exact) mass is 279 g/mol. The third kappa shape index (κ3) is 3.81. The van der Waals surface area contributed by atoms with E-state index in [2.05, 4.69) is 0 Å². The fourth-order valence-corrected chi connectivity index (χ4v) is 2.34. The van der Waals surface area contributed by atoms with Crippen LogP contribution < -0.4 is 4.90 Å². The number of nitrogens with zero attached hydrogens (tertiary/aromatic N) is 1. The van der Waals surface area contributed by atoms with E-state index in [0.29, 0.717) is 6.54 Å². The maximum absolute atomic E-state index is 12.3. The Labute approximate surface area is 121 Å². The molecule has 1 unspecified atom stereocenters. The van der Waals surface area contributed by atoms with Crippen molar-refractivity contribution in [1.29, 1.82) is 0 Å². The first-order valence-electron chi connectivity index (χ1n) is 7.16. The number of aliphatic hydroxyl groups excluding tert-OH is 2. The molecule has 4 heteroatoms. The molecule has 0 aliphatic rings. The first-order valence-corrected chi connectivity index (χ1v) is 7.16. The van der Waals surface area contributed by atoms with Crippen molar-refractivity contribution < 1.29 is 15.0 Å². The normalized spacial score (nSPS) is 12.5. The van der Waals surface area contributed by atoms with Crippen molar-refractivity contribution in [3.8, 4) is 0 Å². The number of anilines is 1. The van der Waals surface area contributed by atoms with Gasteiger partial charge in [-0.15, -0.1) is 0 Å². The van der Waals surface area contributed by atoms with E-state index in [1.165, 1.54) is 0 Å². The molecule has 0 saturated heterocycles. The van der Waals surface area contributed by atoms with Gasteiger partial charge in [0, 0.05) is 23.7 Å². The Morgan fingerprint density at radius 2 is 1.90 bits per heavy atom. The van der Waals surface area contributed by atoms with Gasteiger partial charge in [0.25, 0.3) is 0 Å². The van der Waals surface area contributed by atoms with Crippen LogP contribution in [0.25, 0.3) is 0 Å². The molecular weight excluding hydrogens is 254 g/mol. The zero-order valence-electron chi connectivity index (χ0n) is 12.5. The second kappa shape index (κ2) is 8.02. The molecule has 0 aliphatic carbocycles. The van der Waals surface area contributed by atoms with Crippen LogP contribution in [0.5, 0.6) is 0 Å². The first-order chi connectivity index (χ1) is 9.56. The highest BCUT2D eigenvalue weighted by Gasteiger charge is 2.27. The Hall–Kier alpha value is -1.39. The van der Waals surface area contributed by atoms with Gasteiger partial charge >= 0.3 is 0 Å². The van der Waals surface area contributed by atoms with E-state index in [9.17, 15) is 15.0 Å². The topological polar surface area (TPSA) is 60.8 Å². The van der Waals surface area contributed by atoms with Crippen molar-refractivity contribution >= 4 is 11.5 Å². The van der Waals surface area contributed by atoms with Crippen LogP contribution in [0.1, 0.15) is 32.8 Å². The smallest absolute Gasteiger partial charge is 0.160 e. The lowest BCUT2D eigenvalue weighted by atomic mass is 9.99. The zero-order valence-corrected chi connectivity index (χ0v) is 12.5. The summed E-state index contributed by atoms with van der Waals surface area (Å²) in [6.45, 7) is 6.09. The first kappa shape index (κ1) is 16.7. The Morgan fingerprint density at radius 3 is 2.40 bits per heavy atom. The molecule has 0 bridgehead atoms. The van der Waals surface area contributed by atoms with E-state index in [-0.39, 0.29) is 24.9 Å². The van der Waals surface area contributed by atoms with Gasteiger partial charge in [-0.2, -0.15) is 0 Å². The molecule has 0 aromatic heterocycles. The minimum atomic E-state index is -0.553. The van der Waals surface area contributed by atoms with Crippen molar-refractivity contribution in [3.63, 3.8) is 0 Å². The number of carbonyl (C=O) groups excluding carboxylic acids is 1. The van der Waals surface area contributed by atoms with Crippen molar-refractivity contribution in [2.45, 2.75) is 39.8 Å². The third-order valence-electron chi connectivity index (χ3n) is 3.38. The molecule has 1 aromatic rings. The molecule has 0 saturated carbocycles.